The van der Waals surface area contributed by atoms with Crippen LogP contribution in [0.25, 0.3) is 0 Å². The molecule has 2 aliphatic rings. The standard InChI is InChI=1S/C22H30N4O/c27-22(25-14-9-18(10-15-25)16-21-23-11-12-24-21)20-8-4-5-13-26(20)17-19-6-2-1-3-7-19/h1-3,6-7,11-12,18,20H,4-5,8-10,13-17H2,(H,23,24). The van der Waals surface area contributed by atoms with Crippen LogP contribution in [0, 0.1) is 5.92 Å². The molecular formula is C22H30N4O. The van der Waals surface area contributed by atoms with Gasteiger partial charge in [0.25, 0.3) is 0 Å². The summed E-state index contributed by atoms with van der Waals surface area (Å²) >= 11 is 0. The van der Waals surface area contributed by atoms with Gasteiger partial charge in [-0.1, -0.05) is 36.8 Å². The van der Waals surface area contributed by atoms with E-state index in [0.29, 0.717) is 11.8 Å². The molecule has 27 heavy (non-hydrogen) atoms. The number of hydrogen-bond acceptors (Lipinski definition) is 3. The lowest BCUT2D eigenvalue weighted by Gasteiger charge is -2.40. The van der Waals surface area contributed by atoms with Gasteiger partial charge in [-0.25, -0.2) is 4.98 Å². The fraction of sp³-hybridized carbons (Fsp3) is 0.545. The monoisotopic (exact) mass is 366 g/mol. The Bertz CT molecular complexity index is 707. The number of amides is 1. The number of rotatable bonds is 5. The average molecular weight is 367 g/mol. The first-order valence-electron chi connectivity index (χ1n) is 10.3. The summed E-state index contributed by atoms with van der Waals surface area (Å²) in [5.74, 6) is 2.05. The number of carbonyl (C=O) groups is 1. The zero-order valence-electron chi connectivity index (χ0n) is 16.0. The number of aromatic amines is 1. The maximum atomic E-state index is 13.2. The van der Waals surface area contributed by atoms with Crippen molar-refractivity contribution in [3.8, 4) is 0 Å². The average Bonchev–Trinajstić information content (AvgIpc) is 3.22. The first kappa shape index (κ1) is 18.2. The Hall–Kier alpha value is -2.14. The van der Waals surface area contributed by atoms with Gasteiger partial charge in [0.2, 0.25) is 5.91 Å². The van der Waals surface area contributed by atoms with Crippen LogP contribution >= 0.6 is 0 Å². The molecule has 1 aromatic heterocycles. The van der Waals surface area contributed by atoms with Gasteiger partial charge in [-0.2, -0.15) is 0 Å². The summed E-state index contributed by atoms with van der Waals surface area (Å²) in [5.41, 5.74) is 1.30. The molecule has 5 nitrogen and oxygen atoms in total. The maximum Gasteiger partial charge on any atom is 0.239 e. The van der Waals surface area contributed by atoms with Gasteiger partial charge in [0.1, 0.15) is 5.82 Å². The molecular weight excluding hydrogens is 336 g/mol. The van der Waals surface area contributed by atoms with Gasteiger partial charge in [0.15, 0.2) is 0 Å². The van der Waals surface area contributed by atoms with Gasteiger partial charge < -0.3 is 9.88 Å². The lowest BCUT2D eigenvalue weighted by Crippen LogP contribution is -2.52. The minimum Gasteiger partial charge on any atom is -0.349 e. The van der Waals surface area contributed by atoms with Gasteiger partial charge >= 0.3 is 0 Å². The molecule has 0 aliphatic carbocycles. The first-order chi connectivity index (χ1) is 13.3. The number of benzene rings is 1. The molecule has 0 spiro atoms. The van der Waals surface area contributed by atoms with Crippen LogP contribution < -0.4 is 0 Å². The largest absolute Gasteiger partial charge is 0.349 e. The Morgan fingerprint density at radius 2 is 1.89 bits per heavy atom. The van der Waals surface area contributed by atoms with Gasteiger partial charge in [0.05, 0.1) is 6.04 Å². The van der Waals surface area contributed by atoms with E-state index in [0.717, 1.165) is 64.1 Å². The molecule has 1 aromatic carbocycles. The molecule has 0 bridgehead atoms. The fourth-order valence-corrected chi connectivity index (χ4v) is 4.53. The van der Waals surface area contributed by atoms with Crippen molar-refractivity contribution in [2.24, 2.45) is 5.92 Å². The summed E-state index contributed by atoms with van der Waals surface area (Å²) in [4.78, 5) is 25.3. The minimum absolute atomic E-state index is 0.0561. The topological polar surface area (TPSA) is 52.2 Å². The third-order valence-electron chi connectivity index (χ3n) is 6.09. The molecule has 1 amide bonds. The molecule has 2 saturated heterocycles. The second kappa shape index (κ2) is 8.70. The fourth-order valence-electron chi connectivity index (χ4n) is 4.53. The van der Waals surface area contributed by atoms with Crippen molar-refractivity contribution in [3.05, 3.63) is 54.1 Å². The van der Waals surface area contributed by atoms with E-state index in [1.165, 1.54) is 12.0 Å². The SMILES string of the molecule is O=C(C1CCCCN1Cc1ccccc1)N1CCC(Cc2ncc[nH]2)CC1. The van der Waals surface area contributed by atoms with Gasteiger partial charge in [-0.3, -0.25) is 9.69 Å². The normalized spacial score (nSPS) is 22.1. The van der Waals surface area contributed by atoms with Gasteiger partial charge in [-0.05, 0) is 43.7 Å². The Labute approximate surface area is 161 Å². The van der Waals surface area contributed by atoms with Gasteiger partial charge in [-0.15, -0.1) is 0 Å². The van der Waals surface area contributed by atoms with Crippen molar-refractivity contribution in [1.29, 1.82) is 0 Å². The molecule has 0 saturated carbocycles. The minimum atomic E-state index is 0.0561. The summed E-state index contributed by atoms with van der Waals surface area (Å²) in [6, 6.07) is 10.6. The number of likely N-dealkylation sites (tertiary alicyclic amines) is 2. The van der Waals surface area contributed by atoms with E-state index < -0.39 is 0 Å². The molecule has 1 N–H and O–H groups in total. The molecule has 2 aliphatic heterocycles. The molecule has 1 unspecified atom stereocenters. The number of hydrogen-bond donors (Lipinski definition) is 1. The zero-order chi connectivity index (χ0) is 18.5. The maximum absolute atomic E-state index is 13.2. The van der Waals surface area contributed by atoms with E-state index in [1.54, 1.807) is 0 Å². The van der Waals surface area contributed by atoms with Crippen molar-refractivity contribution >= 4 is 5.91 Å². The highest BCUT2D eigenvalue weighted by Crippen LogP contribution is 2.25. The first-order valence-corrected chi connectivity index (χ1v) is 10.3. The van der Waals surface area contributed by atoms with E-state index in [4.69, 9.17) is 0 Å². The quantitative estimate of drug-likeness (QED) is 0.884. The van der Waals surface area contributed by atoms with Crippen molar-refractivity contribution in [2.75, 3.05) is 19.6 Å². The van der Waals surface area contributed by atoms with Crippen molar-refractivity contribution in [1.82, 2.24) is 19.8 Å². The highest BCUT2D eigenvalue weighted by molar-refractivity contribution is 5.82. The van der Waals surface area contributed by atoms with Crippen LogP contribution in [0.4, 0.5) is 0 Å². The predicted octanol–water partition coefficient (Wildman–Crippen LogP) is 3.25. The Balaban J connectivity index is 1.33. The molecule has 144 valence electrons. The summed E-state index contributed by atoms with van der Waals surface area (Å²) in [6.45, 7) is 3.69. The summed E-state index contributed by atoms with van der Waals surface area (Å²) in [5, 5.41) is 0. The molecule has 0 radical (unpaired) electrons. The lowest BCUT2D eigenvalue weighted by atomic mass is 9.92. The van der Waals surface area contributed by atoms with Crippen LogP contribution in [-0.4, -0.2) is 51.4 Å². The number of carbonyl (C=O) groups excluding carboxylic acids is 1. The summed E-state index contributed by atoms with van der Waals surface area (Å²) < 4.78 is 0. The molecule has 5 heteroatoms. The van der Waals surface area contributed by atoms with E-state index in [-0.39, 0.29) is 6.04 Å². The number of aromatic nitrogens is 2. The Morgan fingerprint density at radius 3 is 2.63 bits per heavy atom. The highest BCUT2D eigenvalue weighted by atomic mass is 16.2. The van der Waals surface area contributed by atoms with Crippen LogP contribution in [0.1, 0.15) is 43.5 Å². The van der Waals surface area contributed by atoms with E-state index in [1.807, 2.05) is 12.4 Å². The lowest BCUT2D eigenvalue weighted by molar-refractivity contribution is -0.140. The zero-order valence-corrected chi connectivity index (χ0v) is 16.0. The smallest absolute Gasteiger partial charge is 0.239 e. The van der Waals surface area contributed by atoms with E-state index in [2.05, 4.69) is 50.1 Å². The number of nitrogens with zero attached hydrogens (tertiary/aromatic N) is 3. The third kappa shape index (κ3) is 4.59. The summed E-state index contributed by atoms with van der Waals surface area (Å²) in [6.07, 6.45) is 10.2. The third-order valence-corrected chi connectivity index (χ3v) is 6.09. The summed E-state index contributed by atoms with van der Waals surface area (Å²) in [7, 11) is 0. The van der Waals surface area contributed by atoms with Crippen LogP contribution in [-0.2, 0) is 17.8 Å². The highest BCUT2D eigenvalue weighted by Gasteiger charge is 2.33. The van der Waals surface area contributed by atoms with Crippen molar-refractivity contribution < 1.29 is 4.79 Å². The number of imidazole rings is 1. The second-order valence-electron chi connectivity index (χ2n) is 7.98. The van der Waals surface area contributed by atoms with E-state index in [9.17, 15) is 4.79 Å². The number of H-pyrrole nitrogens is 1. The van der Waals surface area contributed by atoms with Gasteiger partial charge in [0, 0.05) is 38.4 Å². The van der Waals surface area contributed by atoms with Crippen LogP contribution in [0.3, 0.4) is 0 Å². The number of piperidine rings is 2. The van der Waals surface area contributed by atoms with E-state index >= 15 is 0 Å². The second-order valence-corrected chi connectivity index (χ2v) is 7.98. The van der Waals surface area contributed by atoms with Crippen molar-refractivity contribution in [2.45, 2.75) is 51.1 Å². The molecule has 2 aromatic rings. The predicted molar refractivity (Wildman–Crippen MR) is 106 cm³/mol. The molecule has 4 rings (SSSR count). The number of nitrogens with one attached hydrogen (secondary N) is 1. The van der Waals surface area contributed by atoms with Crippen LogP contribution in [0.5, 0.6) is 0 Å². The van der Waals surface area contributed by atoms with Crippen LogP contribution in [0.15, 0.2) is 42.7 Å². The molecule has 3 heterocycles. The molecule has 1 atom stereocenters. The van der Waals surface area contributed by atoms with Crippen LogP contribution in [0.2, 0.25) is 0 Å². The van der Waals surface area contributed by atoms with Crippen molar-refractivity contribution in [3.63, 3.8) is 0 Å². The Morgan fingerprint density at radius 1 is 1.07 bits per heavy atom. The Kier molecular flexibility index (Phi) is 5.87. The molecule has 2 fully saturated rings.